The minimum absolute atomic E-state index is 0.357. The van der Waals surface area contributed by atoms with Gasteiger partial charge >= 0.3 is 0 Å². The van der Waals surface area contributed by atoms with E-state index in [-0.39, 0.29) is 0 Å². The van der Waals surface area contributed by atoms with Crippen molar-refractivity contribution in [2.45, 2.75) is 20.0 Å². The molecule has 2 heterocycles. The first-order chi connectivity index (χ1) is 8.18. The number of hydrogen-bond donors (Lipinski definition) is 0. The van der Waals surface area contributed by atoms with E-state index < -0.39 is 0 Å². The first-order valence-electron chi connectivity index (χ1n) is 5.94. The average Bonchev–Trinajstić information content (AvgIpc) is 2.83. The highest BCUT2D eigenvalue weighted by Crippen LogP contribution is 2.23. The summed E-state index contributed by atoms with van der Waals surface area (Å²) in [6.07, 6.45) is 6.78. The van der Waals surface area contributed by atoms with Gasteiger partial charge in [0.15, 0.2) is 0 Å². The third-order valence-corrected chi connectivity index (χ3v) is 3.63. The highest BCUT2D eigenvalue weighted by molar-refractivity contribution is 5.85. The summed E-state index contributed by atoms with van der Waals surface area (Å²) < 4.78 is 2.23. The SMILES string of the molecule is Cc1c2ccccc2cn1N1C=CN(C)[C@@H]1C. The molecule has 1 aliphatic heterocycles. The Kier molecular flexibility index (Phi) is 2.15. The van der Waals surface area contributed by atoms with Gasteiger partial charge in [0.05, 0.1) is 0 Å². The van der Waals surface area contributed by atoms with Crippen molar-refractivity contribution in [3.05, 3.63) is 48.6 Å². The van der Waals surface area contributed by atoms with Crippen LogP contribution in [0, 0.1) is 6.92 Å². The van der Waals surface area contributed by atoms with Crippen molar-refractivity contribution in [1.29, 1.82) is 0 Å². The van der Waals surface area contributed by atoms with Crippen molar-refractivity contribution in [2.75, 3.05) is 12.1 Å². The van der Waals surface area contributed by atoms with Crippen LogP contribution in [0.4, 0.5) is 0 Å². The van der Waals surface area contributed by atoms with Crippen LogP contribution in [0.1, 0.15) is 12.6 Å². The molecule has 1 aliphatic rings. The summed E-state index contributed by atoms with van der Waals surface area (Å²) in [5, 5.41) is 4.86. The lowest BCUT2D eigenvalue weighted by Crippen LogP contribution is -2.40. The lowest BCUT2D eigenvalue weighted by Gasteiger charge is -2.28. The first-order valence-corrected chi connectivity index (χ1v) is 5.94. The molecule has 0 N–H and O–H groups in total. The molecule has 0 radical (unpaired) electrons. The third kappa shape index (κ3) is 1.42. The molecule has 3 rings (SSSR count). The van der Waals surface area contributed by atoms with Gasteiger partial charge in [-0.2, -0.15) is 0 Å². The van der Waals surface area contributed by atoms with Crippen LogP contribution in [0.25, 0.3) is 10.8 Å². The van der Waals surface area contributed by atoms with Gasteiger partial charge in [-0.3, -0.25) is 9.69 Å². The molecule has 0 spiro atoms. The normalized spacial score (nSPS) is 19.6. The quantitative estimate of drug-likeness (QED) is 0.742. The molecule has 1 aromatic carbocycles. The van der Waals surface area contributed by atoms with Crippen LogP contribution < -0.4 is 5.01 Å². The zero-order chi connectivity index (χ0) is 12.0. The number of fused-ring (bicyclic) bond motifs is 1. The largest absolute Gasteiger partial charge is 0.358 e. The molecule has 0 bridgehead atoms. The number of hydrogen-bond acceptors (Lipinski definition) is 2. The first kappa shape index (κ1) is 10.3. The maximum atomic E-state index is 2.25. The maximum absolute atomic E-state index is 2.25. The molecule has 2 aromatic rings. The molecular weight excluding hydrogens is 210 g/mol. The molecule has 0 amide bonds. The number of nitrogens with zero attached hydrogens (tertiary/aromatic N) is 3. The van der Waals surface area contributed by atoms with Gasteiger partial charge in [0.2, 0.25) is 0 Å². The Labute approximate surface area is 102 Å². The van der Waals surface area contributed by atoms with E-state index in [9.17, 15) is 0 Å². The van der Waals surface area contributed by atoms with E-state index in [0.29, 0.717) is 6.17 Å². The summed E-state index contributed by atoms with van der Waals surface area (Å²) >= 11 is 0. The summed E-state index contributed by atoms with van der Waals surface area (Å²) in [5.74, 6) is 0. The highest BCUT2D eigenvalue weighted by atomic mass is 15.6. The number of aromatic nitrogens is 1. The molecule has 0 saturated heterocycles. The van der Waals surface area contributed by atoms with E-state index in [0.717, 1.165) is 0 Å². The van der Waals surface area contributed by atoms with Gasteiger partial charge in [0, 0.05) is 42.1 Å². The van der Waals surface area contributed by atoms with Crippen molar-refractivity contribution in [3.8, 4) is 0 Å². The van der Waals surface area contributed by atoms with Crippen LogP contribution in [0.2, 0.25) is 0 Å². The third-order valence-electron chi connectivity index (χ3n) is 3.63. The van der Waals surface area contributed by atoms with E-state index in [2.05, 4.69) is 78.3 Å². The topological polar surface area (TPSA) is 11.4 Å². The van der Waals surface area contributed by atoms with Gasteiger partial charge in [-0.05, 0) is 13.8 Å². The summed E-state index contributed by atoms with van der Waals surface area (Å²) in [5.41, 5.74) is 1.28. The van der Waals surface area contributed by atoms with Crippen molar-refractivity contribution < 1.29 is 0 Å². The predicted octanol–water partition coefficient (Wildman–Crippen LogP) is 2.65. The second-order valence-corrected chi connectivity index (χ2v) is 4.62. The smallest absolute Gasteiger partial charge is 0.117 e. The van der Waals surface area contributed by atoms with Crippen molar-refractivity contribution >= 4 is 10.8 Å². The van der Waals surface area contributed by atoms with Crippen LogP contribution in [0.3, 0.4) is 0 Å². The molecular formula is C14H17N3. The Morgan fingerprint density at radius 3 is 2.53 bits per heavy atom. The fourth-order valence-corrected chi connectivity index (χ4v) is 2.39. The maximum Gasteiger partial charge on any atom is 0.117 e. The average molecular weight is 227 g/mol. The molecule has 0 fully saturated rings. The molecule has 3 heteroatoms. The molecule has 1 aromatic heterocycles. The Hall–Kier alpha value is -1.90. The van der Waals surface area contributed by atoms with Gasteiger partial charge in [0.1, 0.15) is 6.17 Å². The van der Waals surface area contributed by atoms with Gasteiger partial charge in [-0.15, -0.1) is 0 Å². The van der Waals surface area contributed by atoms with Gasteiger partial charge in [-0.25, -0.2) is 0 Å². The Morgan fingerprint density at radius 2 is 1.88 bits per heavy atom. The van der Waals surface area contributed by atoms with Crippen LogP contribution >= 0.6 is 0 Å². The fourth-order valence-electron chi connectivity index (χ4n) is 2.39. The van der Waals surface area contributed by atoms with Crippen LogP contribution in [-0.4, -0.2) is 22.8 Å². The Morgan fingerprint density at radius 1 is 1.12 bits per heavy atom. The van der Waals surface area contributed by atoms with Crippen molar-refractivity contribution in [3.63, 3.8) is 0 Å². The van der Waals surface area contributed by atoms with Gasteiger partial charge in [0.25, 0.3) is 0 Å². The summed E-state index contributed by atoms with van der Waals surface area (Å²) in [6.45, 7) is 4.37. The zero-order valence-corrected chi connectivity index (χ0v) is 10.5. The lowest BCUT2D eigenvalue weighted by atomic mass is 10.2. The number of rotatable bonds is 1. The second-order valence-electron chi connectivity index (χ2n) is 4.62. The van der Waals surface area contributed by atoms with Gasteiger partial charge in [-0.1, -0.05) is 24.3 Å². The monoisotopic (exact) mass is 227 g/mol. The molecule has 0 saturated carbocycles. The van der Waals surface area contributed by atoms with Crippen molar-refractivity contribution in [1.82, 2.24) is 9.58 Å². The molecule has 3 nitrogen and oxygen atoms in total. The lowest BCUT2D eigenvalue weighted by molar-refractivity contribution is 0.347. The van der Waals surface area contributed by atoms with E-state index in [1.54, 1.807) is 0 Å². The zero-order valence-electron chi connectivity index (χ0n) is 10.5. The Balaban J connectivity index is 2.12. The van der Waals surface area contributed by atoms with Gasteiger partial charge < -0.3 is 4.90 Å². The Bertz CT molecular complexity index is 582. The second kappa shape index (κ2) is 3.55. The fraction of sp³-hybridized carbons (Fsp3) is 0.286. The highest BCUT2D eigenvalue weighted by Gasteiger charge is 2.21. The number of aryl methyl sites for hydroxylation is 1. The molecule has 17 heavy (non-hydrogen) atoms. The van der Waals surface area contributed by atoms with Crippen LogP contribution in [-0.2, 0) is 0 Å². The minimum atomic E-state index is 0.357. The van der Waals surface area contributed by atoms with E-state index in [1.165, 1.54) is 16.5 Å². The predicted molar refractivity (Wildman–Crippen MR) is 71.3 cm³/mol. The number of benzene rings is 1. The van der Waals surface area contributed by atoms with Crippen LogP contribution in [0.15, 0.2) is 42.9 Å². The van der Waals surface area contributed by atoms with E-state index in [4.69, 9.17) is 0 Å². The standard InChI is InChI=1S/C14H17N3/c1-11-14-7-5-4-6-13(14)10-17(11)16-9-8-15(3)12(16)2/h4-10,12H,1-3H3/t12-/m0/s1. The molecule has 0 unspecified atom stereocenters. The molecule has 1 atom stereocenters. The molecule has 0 aliphatic carbocycles. The summed E-state index contributed by atoms with van der Waals surface area (Å²) in [4.78, 5) is 2.20. The van der Waals surface area contributed by atoms with Crippen LogP contribution in [0.5, 0.6) is 0 Å². The van der Waals surface area contributed by atoms with Crippen molar-refractivity contribution in [2.24, 2.45) is 0 Å². The van der Waals surface area contributed by atoms with E-state index >= 15 is 0 Å². The minimum Gasteiger partial charge on any atom is -0.358 e. The summed E-state index contributed by atoms with van der Waals surface area (Å²) in [6, 6.07) is 8.51. The van der Waals surface area contributed by atoms with E-state index in [1.807, 2.05) is 0 Å². The summed E-state index contributed by atoms with van der Waals surface area (Å²) in [7, 11) is 2.10. The molecule has 88 valence electrons.